The number of nitrogens with two attached hydrogens (primary N) is 1. The SMILES string of the molecule is CC(C)(C)N1CCN(Cc2ccc(CN)cc2Cl)CC1. The highest BCUT2D eigenvalue weighted by molar-refractivity contribution is 6.31. The number of rotatable bonds is 3. The van der Waals surface area contributed by atoms with Crippen LogP contribution in [0.1, 0.15) is 31.9 Å². The zero-order valence-corrected chi connectivity index (χ0v) is 13.6. The number of hydrogen-bond acceptors (Lipinski definition) is 3. The average molecular weight is 296 g/mol. The van der Waals surface area contributed by atoms with Crippen LogP contribution in [0.15, 0.2) is 18.2 Å². The molecule has 0 aromatic heterocycles. The Balaban J connectivity index is 1.93. The van der Waals surface area contributed by atoms with Crippen molar-refractivity contribution in [3.8, 4) is 0 Å². The van der Waals surface area contributed by atoms with Crippen LogP contribution in [0.5, 0.6) is 0 Å². The summed E-state index contributed by atoms with van der Waals surface area (Å²) in [5.41, 5.74) is 8.20. The van der Waals surface area contributed by atoms with Crippen LogP contribution in [0, 0.1) is 0 Å². The van der Waals surface area contributed by atoms with E-state index >= 15 is 0 Å². The van der Waals surface area contributed by atoms with E-state index in [0.717, 1.165) is 43.3 Å². The Kier molecular flexibility index (Phi) is 5.08. The normalized spacial score (nSPS) is 18.4. The maximum atomic E-state index is 6.34. The van der Waals surface area contributed by atoms with E-state index < -0.39 is 0 Å². The van der Waals surface area contributed by atoms with Crippen molar-refractivity contribution >= 4 is 11.6 Å². The standard InChI is InChI=1S/C16H26ClN3/c1-16(2,3)20-8-6-19(7-9-20)12-14-5-4-13(11-18)10-15(14)17/h4-5,10H,6-9,11-12,18H2,1-3H3. The summed E-state index contributed by atoms with van der Waals surface area (Å²) in [7, 11) is 0. The van der Waals surface area contributed by atoms with Gasteiger partial charge in [-0.15, -0.1) is 0 Å². The second kappa shape index (κ2) is 6.44. The van der Waals surface area contributed by atoms with Crippen molar-refractivity contribution in [2.75, 3.05) is 26.2 Å². The minimum Gasteiger partial charge on any atom is -0.326 e. The Morgan fingerprint density at radius 2 is 1.80 bits per heavy atom. The number of piperazine rings is 1. The van der Waals surface area contributed by atoms with E-state index in [1.807, 2.05) is 6.07 Å². The highest BCUT2D eigenvalue weighted by atomic mass is 35.5. The summed E-state index contributed by atoms with van der Waals surface area (Å²) < 4.78 is 0. The maximum absolute atomic E-state index is 6.34. The van der Waals surface area contributed by atoms with E-state index in [1.54, 1.807) is 0 Å². The van der Waals surface area contributed by atoms with Crippen LogP contribution in [0.2, 0.25) is 5.02 Å². The largest absolute Gasteiger partial charge is 0.326 e. The van der Waals surface area contributed by atoms with Crippen LogP contribution in [-0.2, 0) is 13.1 Å². The highest BCUT2D eigenvalue weighted by Crippen LogP contribution is 2.21. The molecule has 1 aliphatic heterocycles. The molecule has 1 heterocycles. The minimum absolute atomic E-state index is 0.270. The van der Waals surface area contributed by atoms with Crippen LogP contribution < -0.4 is 5.73 Å². The molecule has 0 aliphatic carbocycles. The van der Waals surface area contributed by atoms with Crippen molar-refractivity contribution in [3.63, 3.8) is 0 Å². The summed E-state index contributed by atoms with van der Waals surface area (Å²) in [5, 5.41) is 0.839. The van der Waals surface area contributed by atoms with E-state index in [0.29, 0.717) is 6.54 Å². The predicted molar refractivity (Wildman–Crippen MR) is 85.9 cm³/mol. The lowest BCUT2D eigenvalue weighted by Crippen LogP contribution is -2.53. The fourth-order valence-electron chi connectivity index (χ4n) is 2.66. The molecule has 4 heteroatoms. The highest BCUT2D eigenvalue weighted by Gasteiger charge is 2.25. The van der Waals surface area contributed by atoms with E-state index in [-0.39, 0.29) is 5.54 Å². The molecule has 0 amide bonds. The Morgan fingerprint density at radius 1 is 1.15 bits per heavy atom. The predicted octanol–water partition coefficient (Wildman–Crippen LogP) is 2.71. The van der Waals surface area contributed by atoms with Crippen LogP contribution in [0.3, 0.4) is 0 Å². The molecule has 112 valence electrons. The summed E-state index contributed by atoms with van der Waals surface area (Å²) >= 11 is 6.34. The molecule has 0 bridgehead atoms. The summed E-state index contributed by atoms with van der Waals surface area (Å²) in [6.07, 6.45) is 0. The summed E-state index contributed by atoms with van der Waals surface area (Å²) in [5.74, 6) is 0. The maximum Gasteiger partial charge on any atom is 0.0454 e. The molecule has 1 aromatic carbocycles. The summed E-state index contributed by atoms with van der Waals surface area (Å²) in [4.78, 5) is 5.02. The Labute approximate surface area is 127 Å². The minimum atomic E-state index is 0.270. The Hall–Kier alpha value is -0.610. The molecular weight excluding hydrogens is 270 g/mol. The van der Waals surface area contributed by atoms with Crippen LogP contribution in [-0.4, -0.2) is 41.5 Å². The lowest BCUT2D eigenvalue weighted by Gasteiger charge is -2.42. The Morgan fingerprint density at radius 3 is 2.30 bits per heavy atom. The third-order valence-corrected chi connectivity index (χ3v) is 4.42. The zero-order valence-electron chi connectivity index (χ0n) is 12.8. The fraction of sp³-hybridized carbons (Fsp3) is 0.625. The molecule has 20 heavy (non-hydrogen) atoms. The molecule has 3 nitrogen and oxygen atoms in total. The zero-order chi connectivity index (χ0) is 14.8. The van der Waals surface area contributed by atoms with Gasteiger partial charge in [-0.1, -0.05) is 23.7 Å². The van der Waals surface area contributed by atoms with E-state index in [9.17, 15) is 0 Å². The molecule has 1 fully saturated rings. The fourth-order valence-corrected chi connectivity index (χ4v) is 2.93. The summed E-state index contributed by atoms with van der Waals surface area (Å²) in [6, 6.07) is 6.18. The smallest absolute Gasteiger partial charge is 0.0454 e. The van der Waals surface area contributed by atoms with Crippen LogP contribution >= 0.6 is 11.6 Å². The van der Waals surface area contributed by atoms with Crippen molar-refractivity contribution < 1.29 is 0 Å². The monoisotopic (exact) mass is 295 g/mol. The molecule has 0 saturated carbocycles. The topological polar surface area (TPSA) is 32.5 Å². The third kappa shape index (κ3) is 3.95. The summed E-state index contributed by atoms with van der Waals surface area (Å²) in [6.45, 7) is 12.8. The molecule has 1 aliphatic rings. The van der Waals surface area contributed by atoms with Gasteiger partial charge in [-0.05, 0) is 38.0 Å². The van der Waals surface area contributed by atoms with E-state index in [2.05, 4.69) is 42.7 Å². The second-order valence-corrected chi connectivity index (χ2v) is 6.97. The first-order chi connectivity index (χ1) is 9.40. The molecular formula is C16H26ClN3. The van der Waals surface area contributed by atoms with Gasteiger partial charge in [0.05, 0.1) is 0 Å². The molecule has 0 spiro atoms. The van der Waals surface area contributed by atoms with Gasteiger partial charge >= 0.3 is 0 Å². The van der Waals surface area contributed by atoms with Crippen LogP contribution in [0.25, 0.3) is 0 Å². The van der Waals surface area contributed by atoms with Gasteiger partial charge in [0.15, 0.2) is 0 Å². The first-order valence-corrected chi connectivity index (χ1v) is 7.73. The average Bonchev–Trinajstić information content (AvgIpc) is 2.40. The van der Waals surface area contributed by atoms with Gasteiger partial charge in [-0.2, -0.15) is 0 Å². The lowest BCUT2D eigenvalue weighted by molar-refractivity contribution is 0.0591. The molecule has 1 aromatic rings. The van der Waals surface area contributed by atoms with E-state index in [1.165, 1.54) is 5.56 Å². The third-order valence-electron chi connectivity index (χ3n) is 4.07. The van der Waals surface area contributed by atoms with Gasteiger partial charge < -0.3 is 5.73 Å². The molecule has 0 unspecified atom stereocenters. The number of hydrogen-bond donors (Lipinski definition) is 1. The van der Waals surface area contributed by atoms with Crippen molar-refractivity contribution in [2.45, 2.75) is 39.4 Å². The second-order valence-electron chi connectivity index (χ2n) is 6.56. The molecule has 0 radical (unpaired) electrons. The number of benzene rings is 1. The lowest BCUT2D eigenvalue weighted by atomic mass is 10.0. The van der Waals surface area contributed by atoms with Crippen molar-refractivity contribution in [2.24, 2.45) is 5.73 Å². The van der Waals surface area contributed by atoms with Gasteiger partial charge in [-0.3, -0.25) is 9.80 Å². The van der Waals surface area contributed by atoms with E-state index in [4.69, 9.17) is 17.3 Å². The van der Waals surface area contributed by atoms with Gasteiger partial charge in [0, 0.05) is 49.8 Å². The first-order valence-electron chi connectivity index (χ1n) is 7.35. The van der Waals surface area contributed by atoms with Crippen molar-refractivity contribution in [1.29, 1.82) is 0 Å². The quantitative estimate of drug-likeness (QED) is 0.931. The van der Waals surface area contributed by atoms with Gasteiger partial charge in [0.2, 0.25) is 0 Å². The number of nitrogens with zero attached hydrogens (tertiary/aromatic N) is 2. The van der Waals surface area contributed by atoms with Crippen LogP contribution in [0.4, 0.5) is 0 Å². The molecule has 1 saturated heterocycles. The van der Waals surface area contributed by atoms with Gasteiger partial charge in [-0.25, -0.2) is 0 Å². The first kappa shape index (κ1) is 15.8. The molecule has 2 rings (SSSR count). The van der Waals surface area contributed by atoms with Crippen molar-refractivity contribution in [1.82, 2.24) is 9.80 Å². The van der Waals surface area contributed by atoms with Gasteiger partial charge in [0.1, 0.15) is 0 Å². The number of halogens is 1. The van der Waals surface area contributed by atoms with Gasteiger partial charge in [0.25, 0.3) is 0 Å². The molecule has 0 atom stereocenters. The van der Waals surface area contributed by atoms with Crippen molar-refractivity contribution in [3.05, 3.63) is 34.3 Å². The molecule has 2 N–H and O–H groups in total. The Bertz CT molecular complexity index is 446.